The van der Waals surface area contributed by atoms with E-state index >= 15 is 0 Å². The lowest BCUT2D eigenvalue weighted by molar-refractivity contribution is 0.142. The van der Waals surface area contributed by atoms with Gasteiger partial charge in [-0.25, -0.2) is 0 Å². The third kappa shape index (κ3) is 7.74. The Kier molecular flexibility index (Phi) is 8.67. The van der Waals surface area contributed by atoms with E-state index in [9.17, 15) is 0 Å². The van der Waals surface area contributed by atoms with E-state index in [-0.39, 0.29) is 0 Å². The van der Waals surface area contributed by atoms with Gasteiger partial charge in [0.25, 0.3) is 0 Å². The van der Waals surface area contributed by atoms with Crippen LogP contribution in [-0.4, -0.2) is 50.8 Å². The molecule has 0 saturated heterocycles. The summed E-state index contributed by atoms with van der Waals surface area (Å²) in [6.07, 6.45) is 8.24. The van der Waals surface area contributed by atoms with Crippen molar-refractivity contribution < 1.29 is 4.74 Å². The zero-order valence-electron chi connectivity index (χ0n) is 11.7. The van der Waals surface area contributed by atoms with Gasteiger partial charge >= 0.3 is 0 Å². The molecule has 1 aliphatic rings. The predicted octanol–water partition coefficient (Wildman–Crippen LogP) is 2.27. The molecule has 1 N–H and O–H groups in total. The lowest BCUT2D eigenvalue weighted by Crippen LogP contribution is -2.30. The monoisotopic (exact) mass is 242 g/mol. The molecule has 3 heteroatoms. The third-order valence-corrected chi connectivity index (χ3v) is 3.44. The highest BCUT2D eigenvalue weighted by molar-refractivity contribution is 4.84. The minimum Gasteiger partial charge on any atom is -0.383 e. The van der Waals surface area contributed by atoms with E-state index in [1.165, 1.54) is 51.6 Å². The van der Waals surface area contributed by atoms with Gasteiger partial charge in [0.1, 0.15) is 0 Å². The van der Waals surface area contributed by atoms with Gasteiger partial charge in [-0.2, -0.15) is 0 Å². The van der Waals surface area contributed by atoms with Crippen LogP contribution in [0.2, 0.25) is 0 Å². The number of rotatable bonds is 12. The molecule has 0 spiro atoms. The van der Waals surface area contributed by atoms with E-state index in [0.29, 0.717) is 0 Å². The van der Waals surface area contributed by atoms with Crippen LogP contribution in [0.15, 0.2) is 0 Å². The molecular formula is C14H30N2O. The number of hydrogen-bond acceptors (Lipinski definition) is 3. The van der Waals surface area contributed by atoms with Crippen molar-refractivity contribution >= 4 is 0 Å². The Morgan fingerprint density at radius 2 is 1.88 bits per heavy atom. The van der Waals surface area contributed by atoms with Gasteiger partial charge < -0.3 is 10.1 Å². The summed E-state index contributed by atoms with van der Waals surface area (Å²) in [4.78, 5) is 2.62. The smallest absolute Gasteiger partial charge is 0.0589 e. The van der Waals surface area contributed by atoms with Crippen LogP contribution in [0.25, 0.3) is 0 Å². The number of hydrogen-bond donors (Lipinski definition) is 1. The lowest BCUT2D eigenvalue weighted by atomic mass is 10.2. The van der Waals surface area contributed by atoms with E-state index in [1.807, 2.05) is 0 Å². The van der Waals surface area contributed by atoms with Gasteiger partial charge in [-0.1, -0.05) is 19.8 Å². The first kappa shape index (κ1) is 14.9. The minimum atomic E-state index is 0.881. The quantitative estimate of drug-likeness (QED) is 0.531. The molecule has 0 amide bonds. The van der Waals surface area contributed by atoms with Gasteiger partial charge in [0.15, 0.2) is 0 Å². The van der Waals surface area contributed by atoms with Crippen LogP contribution in [0.1, 0.15) is 45.4 Å². The van der Waals surface area contributed by atoms with Crippen molar-refractivity contribution in [1.29, 1.82) is 0 Å². The van der Waals surface area contributed by atoms with Gasteiger partial charge in [-0.15, -0.1) is 0 Å². The molecule has 0 heterocycles. The van der Waals surface area contributed by atoms with E-state index < -0.39 is 0 Å². The molecule has 1 rings (SSSR count). The van der Waals surface area contributed by atoms with Crippen LogP contribution in [0.3, 0.4) is 0 Å². The van der Waals surface area contributed by atoms with Crippen molar-refractivity contribution in [2.75, 3.05) is 39.9 Å². The third-order valence-electron chi connectivity index (χ3n) is 3.44. The molecule has 102 valence electrons. The van der Waals surface area contributed by atoms with Gasteiger partial charge in [-0.05, 0) is 45.3 Å². The van der Waals surface area contributed by atoms with Gasteiger partial charge in [0.05, 0.1) is 6.61 Å². The van der Waals surface area contributed by atoms with Crippen molar-refractivity contribution in [3.05, 3.63) is 0 Å². The predicted molar refractivity (Wildman–Crippen MR) is 73.5 cm³/mol. The van der Waals surface area contributed by atoms with E-state index in [0.717, 1.165) is 25.7 Å². The number of unbranched alkanes of at least 4 members (excludes halogenated alkanes) is 3. The van der Waals surface area contributed by atoms with Crippen LogP contribution in [0, 0.1) is 0 Å². The molecule has 0 aromatic rings. The first-order valence-corrected chi connectivity index (χ1v) is 7.32. The van der Waals surface area contributed by atoms with Gasteiger partial charge in [0.2, 0.25) is 0 Å². The fourth-order valence-electron chi connectivity index (χ4n) is 2.22. The second-order valence-corrected chi connectivity index (χ2v) is 5.03. The standard InChI is InChI=1S/C14H30N2O/c1-3-15-10-6-4-5-7-11-16(12-13-17-2)14-8-9-14/h14-15H,3-13H2,1-2H3. The molecule has 17 heavy (non-hydrogen) atoms. The summed E-state index contributed by atoms with van der Waals surface area (Å²) in [5.74, 6) is 0. The average molecular weight is 242 g/mol. The Labute approximate surface area is 107 Å². The maximum absolute atomic E-state index is 5.17. The van der Waals surface area contributed by atoms with E-state index in [2.05, 4.69) is 17.1 Å². The number of ether oxygens (including phenoxy) is 1. The molecule has 0 aromatic carbocycles. The highest BCUT2D eigenvalue weighted by Gasteiger charge is 2.27. The molecular weight excluding hydrogens is 212 g/mol. The van der Waals surface area contributed by atoms with Crippen molar-refractivity contribution in [2.45, 2.75) is 51.5 Å². The highest BCUT2D eigenvalue weighted by atomic mass is 16.5. The maximum atomic E-state index is 5.17. The van der Waals surface area contributed by atoms with Crippen LogP contribution in [0.5, 0.6) is 0 Å². The number of nitrogens with zero attached hydrogens (tertiary/aromatic N) is 1. The Morgan fingerprint density at radius 1 is 1.12 bits per heavy atom. The summed E-state index contributed by atoms with van der Waals surface area (Å²) in [5, 5.41) is 3.38. The SMILES string of the molecule is CCNCCCCCCN(CCOC)C1CC1. The summed E-state index contributed by atoms with van der Waals surface area (Å²) in [6, 6.07) is 0.881. The summed E-state index contributed by atoms with van der Waals surface area (Å²) in [5.41, 5.74) is 0. The fourth-order valence-corrected chi connectivity index (χ4v) is 2.22. The summed E-state index contributed by atoms with van der Waals surface area (Å²) < 4.78 is 5.17. The van der Waals surface area contributed by atoms with Crippen molar-refractivity contribution in [1.82, 2.24) is 10.2 Å². The Morgan fingerprint density at radius 3 is 2.53 bits per heavy atom. The zero-order chi connectivity index (χ0) is 12.3. The molecule has 1 fully saturated rings. The second-order valence-electron chi connectivity index (χ2n) is 5.03. The van der Waals surface area contributed by atoms with Crippen molar-refractivity contribution in [3.63, 3.8) is 0 Å². The largest absolute Gasteiger partial charge is 0.383 e. The number of methoxy groups -OCH3 is 1. The summed E-state index contributed by atoms with van der Waals surface area (Å²) >= 11 is 0. The molecule has 0 radical (unpaired) electrons. The van der Waals surface area contributed by atoms with Crippen molar-refractivity contribution in [2.24, 2.45) is 0 Å². The van der Waals surface area contributed by atoms with Crippen LogP contribution >= 0.6 is 0 Å². The zero-order valence-corrected chi connectivity index (χ0v) is 11.7. The number of nitrogens with one attached hydrogen (secondary N) is 1. The van der Waals surface area contributed by atoms with Crippen LogP contribution in [-0.2, 0) is 4.74 Å². The molecule has 1 aliphatic carbocycles. The highest BCUT2D eigenvalue weighted by Crippen LogP contribution is 2.26. The maximum Gasteiger partial charge on any atom is 0.0589 e. The van der Waals surface area contributed by atoms with Gasteiger partial charge in [0, 0.05) is 19.7 Å². The first-order valence-electron chi connectivity index (χ1n) is 7.32. The average Bonchev–Trinajstić information content (AvgIpc) is 3.16. The lowest BCUT2D eigenvalue weighted by Gasteiger charge is -2.21. The van der Waals surface area contributed by atoms with Gasteiger partial charge in [-0.3, -0.25) is 4.90 Å². The molecule has 0 aliphatic heterocycles. The molecule has 1 saturated carbocycles. The summed E-state index contributed by atoms with van der Waals surface area (Å²) in [6.45, 7) is 7.74. The Bertz CT molecular complexity index is 172. The van der Waals surface area contributed by atoms with Crippen LogP contribution < -0.4 is 5.32 Å². The van der Waals surface area contributed by atoms with E-state index in [4.69, 9.17) is 4.74 Å². The topological polar surface area (TPSA) is 24.5 Å². The minimum absolute atomic E-state index is 0.881. The summed E-state index contributed by atoms with van der Waals surface area (Å²) in [7, 11) is 1.80. The molecule has 0 atom stereocenters. The Hall–Kier alpha value is -0.120. The molecule has 0 aromatic heterocycles. The van der Waals surface area contributed by atoms with E-state index in [1.54, 1.807) is 7.11 Å². The first-order chi connectivity index (χ1) is 8.38. The molecule has 0 unspecified atom stereocenters. The second kappa shape index (κ2) is 9.86. The van der Waals surface area contributed by atoms with Crippen molar-refractivity contribution in [3.8, 4) is 0 Å². The van der Waals surface area contributed by atoms with Crippen LogP contribution in [0.4, 0.5) is 0 Å². The molecule has 3 nitrogen and oxygen atoms in total. The fraction of sp³-hybridized carbons (Fsp3) is 1.00. The molecule has 0 bridgehead atoms. The normalized spacial score (nSPS) is 15.7. The Balaban J connectivity index is 1.91.